The fourth-order valence-electron chi connectivity index (χ4n) is 2.94. The van der Waals surface area contributed by atoms with Gasteiger partial charge in [-0.15, -0.1) is 0 Å². The molecule has 0 bridgehead atoms. The molecular formula is C20H16O5. The van der Waals surface area contributed by atoms with E-state index in [1.54, 1.807) is 30.3 Å². The van der Waals surface area contributed by atoms with Gasteiger partial charge in [0.15, 0.2) is 0 Å². The highest BCUT2D eigenvalue weighted by Crippen LogP contribution is 2.41. The summed E-state index contributed by atoms with van der Waals surface area (Å²) in [6, 6.07) is 12.4. The van der Waals surface area contributed by atoms with Crippen molar-refractivity contribution < 1.29 is 24.9 Å². The predicted octanol–water partition coefficient (Wildman–Crippen LogP) is 3.31. The molecule has 2 aromatic carbocycles. The Labute approximate surface area is 144 Å². The summed E-state index contributed by atoms with van der Waals surface area (Å²) in [7, 11) is 0. The second-order valence-electron chi connectivity index (χ2n) is 5.84. The van der Waals surface area contributed by atoms with Gasteiger partial charge in [-0.1, -0.05) is 42.5 Å². The van der Waals surface area contributed by atoms with Gasteiger partial charge in [-0.25, -0.2) is 9.59 Å². The molecule has 0 saturated carbocycles. The Morgan fingerprint density at radius 2 is 1.36 bits per heavy atom. The monoisotopic (exact) mass is 336 g/mol. The molecule has 0 spiro atoms. The van der Waals surface area contributed by atoms with Crippen molar-refractivity contribution in [1.82, 2.24) is 0 Å². The average Bonchev–Trinajstić information content (AvgIpc) is 2.62. The van der Waals surface area contributed by atoms with Crippen LogP contribution >= 0.6 is 0 Å². The smallest absolute Gasteiger partial charge is 0.335 e. The highest BCUT2D eigenvalue weighted by Gasteiger charge is 2.34. The number of benzene rings is 2. The molecule has 0 fully saturated rings. The Kier molecular flexibility index (Phi) is 4.25. The molecule has 1 aliphatic carbocycles. The molecule has 0 radical (unpaired) electrons. The lowest BCUT2D eigenvalue weighted by molar-refractivity contribution is 0.0685. The molecule has 3 rings (SSSR count). The van der Waals surface area contributed by atoms with Crippen LogP contribution in [0, 0.1) is 0 Å². The minimum Gasteiger partial charge on any atom is -0.478 e. The van der Waals surface area contributed by atoms with E-state index in [0.29, 0.717) is 23.1 Å². The van der Waals surface area contributed by atoms with E-state index in [4.69, 9.17) is 10.2 Å². The molecule has 0 aliphatic heterocycles. The number of rotatable bonds is 4. The number of aromatic carboxylic acids is 2. The van der Waals surface area contributed by atoms with Crippen LogP contribution in [0.5, 0.6) is 0 Å². The fourth-order valence-corrected chi connectivity index (χ4v) is 2.94. The van der Waals surface area contributed by atoms with E-state index in [1.807, 2.05) is 12.2 Å². The molecule has 1 unspecified atom stereocenters. The lowest BCUT2D eigenvalue weighted by Crippen LogP contribution is -2.28. The first-order valence-electron chi connectivity index (χ1n) is 7.69. The number of allylic oxidation sites excluding steroid dienone is 2. The van der Waals surface area contributed by atoms with Crippen LogP contribution in [0.25, 0.3) is 5.57 Å². The average molecular weight is 336 g/mol. The lowest BCUT2D eigenvalue weighted by atomic mass is 9.77. The molecule has 126 valence electrons. The summed E-state index contributed by atoms with van der Waals surface area (Å²) in [6.07, 6.45) is 5.79. The number of carbonyl (C=O) groups is 2. The van der Waals surface area contributed by atoms with Crippen molar-refractivity contribution in [3.8, 4) is 0 Å². The van der Waals surface area contributed by atoms with Crippen LogP contribution in [0.1, 0.15) is 38.3 Å². The van der Waals surface area contributed by atoms with Gasteiger partial charge in [0.2, 0.25) is 0 Å². The van der Waals surface area contributed by atoms with Crippen molar-refractivity contribution >= 4 is 17.5 Å². The van der Waals surface area contributed by atoms with Crippen molar-refractivity contribution in [3.05, 3.63) is 89.0 Å². The summed E-state index contributed by atoms with van der Waals surface area (Å²) in [5, 5.41) is 29.3. The Morgan fingerprint density at radius 3 is 1.88 bits per heavy atom. The zero-order chi connectivity index (χ0) is 18.0. The summed E-state index contributed by atoms with van der Waals surface area (Å²) >= 11 is 0. The lowest BCUT2D eigenvalue weighted by Gasteiger charge is -2.33. The van der Waals surface area contributed by atoms with E-state index in [1.165, 1.54) is 24.3 Å². The van der Waals surface area contributed by atoms with Crippen LogP contribution in [0.15, 0.2) is 66.8 Å². The Balaban J connectivity index is 2.01. The van der Waals surface area contributed by atoms with Gasteiger partial charge < -0.3 is 15.3 Å². The third kappa shape index (κ3) is 3.09. The molecule has 5 heteroatoms. The molecule has 2 aromatic rings. The van der Waals surface area contributed by atoms with E-state index in [2.05, 4.69) is 0 Å². The first-order chi connectivity index (χ1) is 11.9. The quantitative estimate of drug-likeness (QED) is 0.796. The Hall–Kier alpha value is -3.18. The van der Waals surface area contributed by atoms with Gasteiger partial charge in [0.1, 0.15) is 5.60 Å². The van der Waals surface area contributed by atoms with Crippen LogP contribution in [0.3, 0.4) is 0 Å². The highest BCUT2D eigenvalue weighted by atomic mass is 16.4. The van der Waals surface area contributed by atoms with Gasteiger partial charge in [-0.05, 0) is 41.0 Å². The largest absolute Gasteiger partial charge is 0.478 e. The zero-order valence-electron chi connectivity index (χ0n) is 13.2. The molecule has 25 heavy (non-hydrogen) atoms. The van der Waals surface area contributed by atoms with Crippen molar-refractivity contribution in [3.63, 3.8) is 0 Å². The standard InChI is InChI=1S/C20H16O5/c21-18(22)14-6-4-13(5-7-14)17-3-1-2-12-20(17,25)16-10-8-15(9-11-16)19(23)24/h1-11,25H,12H2,(H,21,22)(H,23,24). The molecule has 1 aliphatic rings. The van der Waals surface area contributed by atoms with Crippen LogP contribution in [0.2, 0.25) is 0 Å². The van der Waals surface area contributed by atoms with Gasteiger partial charge in [0.05, 0.1) is 11.1 Å². The topological polar surface area (TPSA) is 94.8 Å². The highest BCUT2D eigenvalue weighted by molar-refractivity contribution is 5.89. The summed E-state index contributed by atoms with van der Waals surface area (Å²) in [5.41, 5.74) is 0.931. The van der Waals surface area contributed by atoms with Gasteiger partial charge in [0.25, 0.3) is 0 Å². The van der Waals surface area contributed by atoms with Crippen molar-refractivity contribution in [1.29, 1.82) is 0 Å². The summed E-state index contributed by atoms with van der Waals surface area (Å²) in [6.45, 7) is 0. The maximum Gasteiger partial charge on any atom is 0.335 e. The number of carboxylic acid groups (broad SMARTS) is 2. The van der Waals surface area contributed by atoms with Crippen molar-refractivity contribution in [2.24, 2.45) is 0 Å². The molecule has 1 atom stereocenters. The molecule has 0 saturated heterocycles. The normalized spacial score (nSPS) is 19.3. The van der Waals surface area contributed by atoms with Crippen LogP contribution in [-0.2, 0) is 5.60 Å². The first kappa shape index (κ1) is 16.7. The third-order valence-electron chi connectivity index (χ3n) is 4.31. The number of carboxylic acids is 2. The van der Waals surface area contributed by atoms with E-state index in [0.717, 1.165) is 0 Å². The van der Waals surface area contributed by atoms with E-state index < -0.39 is 17.5 Å². The first-order valence-corrected chi connectivity index (χ1v) is 7.69. The van der Waals surface area contributed by atoms with Crippen molar-refractivity contribution in [2.45, 2.75) is 12.0 Å². The molecule has 5 nitrogen and oxygen atoms in total. The summed E-state index contributed by atoms with van der Waals surface area (Å²) in [5.74, 6) is -2.04. The number of aliphatic hydroxyl groups is 1. The van der Waals surface area contributed by atoms with Gasteiger partial charge >= 0.3 is 11.9 Å². The second kappa shape index (κ2) is 6.37. The minimum atomic E-state index is -1.31. The van der Waals surface area contributed by atoms with Crippen LogP contribution in [-0.4, -0.2) is 27.3 Å². The van der Waals surface area contributed by atoms with E-state index in [-0.39, 0.29) is 11.1 Å². The molecular weight excluding hydrogens is 320 g/mol. The summed E-state index contributed by atoms with van der Waals surface area (Å²) in [4.78, 5) is 22.0. The van der Waals surface area contributed by atoms with E-state index >= 15 is 0 Å². The van der Waals surface area contributed by atoms with Gasteiger partial charge in [-0.3, -0.25) is 0 Å². The molecule has 0 amide bonds. The van der Waals surface area contributed by atoms with Gasteiger partial charge in [-0.2, -0.15) is 0 Å². The third-order valence-corrected chi connectivity index (χ3v) is 4.31. The van der Waals surface area contributed by atoms with Crippen molar-refractivity contribution in [2.75, 3.05) is 0 Å². The number of hydrogen-bond donors (Lipinski definition) is 3. The molecule has 0 heterocycles. The molecule has 3 N–H and O–H groups in total. The van der Waals surface area contributed by atoms with Crippen LogP contribution in [0.4, 0.5) is 0 Å². The zero-order valence-corrected chi connectivity index (χ0v) is 13.2. The van der Waals surface area contributed by atoms with E-state index in [9.17, 15) is 14.7 Å². The van der Waals surface area contributed by atoms with Gasteiger partial charge in [0, 0.05) is 6.42 Å². The Bertz CT molecular complexity index is 875. The maximum absolute atomic E-state index is 11.3. The number of hydrogen-bond acceptors (Lipinski definition) is 3. The molecule has 0 aromatic heterocycles. The predicted molar refractivity (Wildman–Crippen MR) is 92.4 cm³/mol. The second-order valence-corrected chi connectivity index (χ2v) is 5.84. The maximum atomic E-state index is 11.3. The SMILES string of the molecule is O=C(O)c1ccc(C2=CC=CCC2(O)c2ccc(C(=O)O)cc2)cc1. The minimum absolute atomic E-state index is 0.148. The fraction of sp³-hybridized carbons (Fsp3) is 0.100. The Morgan fingerprint density at radius 1 is 0.840 bits per heavy atom. The summed E-state index contributed by atoms with van der Waals surface area (Å²) < 4.78 is 0. The van der Waals surface area contributed by atoms with Crippen LogP contribution < -0.4 is 0 Å².